The highest BCUT2D eigenvalue weighted by Crippen LogP contribution is 2.32. The molecule has 0 atom stereocenters. The second-order valence-electron chi connectivity index (χ2n) is 6.08. The molecule has 1 heterocycles. The number of halogens is 1. The van der Waals surface area contributed by atoms with Crippen molar-refractivity contribution in [2.24, 2.45) is 5.10 Å². The first-order valence-electron chi connectivity index (χ1n) is 8.58. The number of amides is 2. The summed E-state index contributed by atoms with van der Waals surface area (Å²) in [6, 6.07) is 13.6. The first-order valence-corrected chi connectivity index (χ1v) is 8.96. The van der Waals surface area contributed by atoms with Crippen molar-refractivity contribution in [3.05, 3.63) is 81.1 Å². The van der Waals surface area contributed by atoms with Gasteiger partial charge in [-0.15, -0.1) is 0 Å². The van der Waals surface area contributed by atoms with Crippen LogP contribution >= 0.6 is 11.6 Å². The second-order valence-corrected chi connectivity index (χ2v) is 6.49. The fourth-order valence-electron chi connectivity index (χ4n) is 2.54. The fourth-order valence-corrected chi connectivity index (χ4v) is 2.75. The molecule has 0 radical (unpaired) electrons. The zero-order chi connectivity index (χ0) is 21.7. The van der Waals surface area contributed by atoms with Gasteiger partial charge in [-0.2, -0.15) is 5.10 Å². The standard InChI is InChI=1S/C20H15ClN4O5/c1-12(26)23-14-4-2-3-13(9-14)20(27)24-22-11-16-6-8-19(30-16)17-10-15(25(28)29)5-7-18(17)21/h2-11H,1H3,(H,23,26)(H,24,27). The lowest BCUT2D eigenvalue weighted by Crippen LogP contribution is -2.18. The molecular formula is C20H15ClN4O5. The number of hydrogen-bond donors (Lipinski definition) is 2. The molecule has 2 aromatic carbocycles. The van der Waals surface area contributed by atoms with Crippen LogP contribution in [0.25, 0.3) is 11.3 Å². The van der Waals surface area contributed by atoms with E-state index in [0.29, 0.717) is 33.4 Å². The largest absolute Gasteiger partial charge is 0.455 e. The molecule has 10 heteroatoms. The topological polar surface area (TPSA) is 127 Å². The Morgan fingerprint density at radius 1 is 1.17 bits per heavy atom. The molecule has 0 fully saturated rings. The van der Waals surface area contributed by atoms with Crippen molar-refractivity contribution in [1.82, 2.24) is 5.43 Å². The van der Waals surface area contributed by atoms with Gasteiger partial charge in [0.2, 0.25) is 5.91 Å². The Morgan fingerprint density at radius 2 is 1.97 bits per heavy atom. The van der Waals surface area contributed by atoms with E-state index in [-0.39, 0.29) is 11.6 Å². The third kappa shape index (κ3) is 5.09. The Hall–Kier alpha value is -3.98. The molecular weight excluding hydrogens is 412 g/mol. The highest BCUT2D eigenvalue weighted by Gasteiger charge is 2.14. The van der Waals surface area contributed by atoms with Crippen LogP contribution in [0.2, 0.25) is 5.02 Å². The maximum atomic E-state index is 12.2. The van der Waals surface area contributed by atoms with Gasteiger partial charge >= 0.3 is 0 Å². The minimum atomic E-state index is -0.526. The Labute approximate surface area is 175 Å². The number of rotatable bonds is 6. The van der Waals surface area contributed by atoms with E-state index in [1.54, 1.807) is 30.3 Å². The number of nitrogens with one attached hydrogen (secondary N) is 2. The van der Waals surface area contributed by atoms with Gasteiger partial charge < -0.3 is 9.73 Å². The third-order valence-corrected chi connectivity index (χ3v) is 4.19. The van der Waals surface area contributed by atoms with Crippen LogP contribution in [-0.4, -0.2) is 23.0 Å². The van der Waals surface area contributed by atoms with Gasteiger partial charge in [-0.05, 0) is 36.4 Å². The average molecular weight is 427 g/mol. The first kappa shape index (κ1) is 20.7. The van der Waals surface area contributed by atoms with Crippen LogP contribution in [0.5, 0.6) is 0 Å². The Balaban J connectivity index is 1.69. The van der Waals surface area contributed by atoms with Crippen molar-refractivity contribution in [3.8, 4) is 11.3 Å². The van der Waals surface area contributed by atoms with E-state index in [1.807, 2.05) is 0 Å². The lowest BCUT2D eigenvalue weighted by molar-refractivity contribution is -0.384. The molecule has 2 amide bonds. The summed E-state index contributed by atoms with van der Waals surface area (Å²) in [6.07, 6.45) is 1.28. The van der Waals surface area contributed by atoms with E-state index in [2.05, 4.69) is 15.8 Å². The predicted octanol–water partition coefficient (Wildman–Crippen LogP) is 4.23. The normalized spacial score (nSPS) is 10.7. The van der Waals surface area contributed by atoms with Gasteiger partial charge in [-0.3, -0.25) is 19.7 Å². The van der Waals surface area contributed by atoms with E-state index in [1.165, 1.54) is 37.4 Å². The second kappa shape index (κ2) is 9.01. The van der Waals surface area contributed by atoms with Crippen LogP contribution in [0.3, 0.4) is 0 Å². The van der Waals surface area contributed by atoms with Gasteiger partial charge in [0.1, 0.15) is 11.5 Å². The summed E-state index contributed by atoms with van der Waals surface area (Å²) in [7, 11) is 0. The van der Waals surface area contributed by atoms with Crippen LogP contribution in [0.1, 0.15) is 23.0 Å². The number of carbonyl (C=O) groups is 2. The smallest absolute Gasteiger partial charge is 0.271 e. The average Bonchev–Trinajstić information content (AvgIpc) is 3.16. The molecule has 0 aliphatic carbocycles. The number of hydrogen-bond acceptors (Lipinski definition) is 6. The molecule has 0 aliphatic heterocycles. The summed E-state index contributed by atoms with van der Waals surface area (Å²) in [5.74, 6) is -0.102. The van der Waals surface area contributed by atoms with Crippen LogP contribution in [-0.2, 0) is 4.79 Å². The molecule has 0 saturated carbocycles. The number of furan rings is 1. The number of nitrogens with zero attached hydrogens (tertiary/aromatic N) is 2. The molecule has 0 aliphatic rings. The Kier molecular flexibility index (Phi) is 6.23. The number of anilines is 1. The van der Waals surface area contributed by atoms with Crippen LogP contribution < -0.4 is 10.7 Å². The fraction of sp³-hybridized carbons (Fsp3) is 0.0500. The van der Waals surface area contributed by atoms with Crippen LogP contribution in [0.4, 0.5) is 11.4 Å². The van der Waals surface area contributed by atoms with Crippen molar-refractivity contribution in [2.45, 2.75) is 6.92 Å². The lowest BCUT2D eigenvalue weighted by Gasteiger charge is -2.04. The molecule has 0 unspecified atom stereocenters. The van der Waals surface area contributed by atoms with Gasteiger partial charge in [0.05, 0.1) is 16.2 Å². The molecule has 3 aromatic rings. The van der Waals surface area contributed by atoms with Gasteiger partial charge in [-0.1, -0.05) is 17.7 Å². The van der Waals surface area contributed by atoms with E-state index >= 15 is 0 Å². The maximum absolute atomic E-state index is 12.2. The van der Waals surface area contributed by atoms with Gasteiger partial charge in [-0.25, -0.2) is 5.43 Å². The Morgan fingerprint density at radius 3 is 2.70 bits per heavy atom. The zero-order valence-corrected chi connectivity index (χ0v) is 16.3. The molecule has 0 spiro atoms. The van der Waals surface area contributed by atoms with Crippen molar-refractivity contribution < 1.29 is 18.9 Å². The molecule has 152 valence electrons. The lowest BCUT2D eigenvalue weighted by atomic mass is 10.1. The number of hydrazone groups is 1. The monoisotopic (exact) mass is 426 g/mol. The van der Waals surface area contributed by atoms with Gasteiger partial charge in [0, 0.05) is 35.9 Å². The molecule has 9 nitrogen and oxygen atoms in total. The highest BCUT2D eigenvalue weighted by molar-refractivity contribution is 6.33. The summed E-state index contributed by atoms with van der Waals surface area (Å²) in [5, 5.41) is 17.7. The van der Waals surface area contributed by atoms with Crippen LogP contribution in [0.15, 0.2) is 64.1 Å². The zero-order valence-electron chi connectivity index (χ0n) is 15.6. The number of nitro groups is 1. The van der Waals surface area contributed by atoms with E-state index < -0.39 is 10.8 Å². The number of benzene rings is 2. The molecule has 2 N–H and O–H groups in total. The van der Waals surface area contributed by atoms with Crippen molar-refractivity contribution in [1.29, 1.82) is 0 Å². The minimum Gasteiger partial charge on any atom is -0.455 e. The van der Waals surface area contributed by atoms with Crippen molar-refractivity contribution in [2.75, 3.05) is 5.32 Å². The van der Waals surface area contributed by atoms with E-state index in [0.717, 1.165) is 0 Å². The molecule has 3 rings (SSSR count). The molecule has 0 saturated heterocycles. The van der Waals surface area contributed by atoms with E-state index in [4.69, 9.17) is 16.0 Å². The summed E-state index contributed by atoms with van der Waals surface area (Å²) >= 11 is 6.10. The molecule has 30 heavy (non-hydrogen) atoms. The highest BCUT2D eigenvalue weighted by atomic mass is 35.5. The third-order valence-electron chi connectivity index (χ3n) is 3.86. The van der Waals surface area contributed by atoms with Gasteiger partial charge in [0.25, 0.3) is 11.6 Å². The van der Waals surface area contributed by atoms with Crippen molar-refractivity contribution >= 4 is 41.0 Å². The first-order chi connectivity index (χ1) is 14.3. The number of carbonyl (C=O) groups excluding carboxylic acids is 2. The number of non-ortho nitro benzene ring substituents is 1. The van der Waals surface area contributed by atoms with Gasteiger partial charge in [0.15, 0.2) is 0 Å². The molecule has 1 aromatic heterocycles. The number of nitro benzene ring substituents is 1. The maximum Gasteiger partial charge on any atom is 0.271 e. The van der Waals surface area contributed by atoms with Crippen LogP contribution in [0, 0.1) is 10.1 Å². The van der Waals surface area contributed by atoms with E-state index in [9.17, 15) is 19.7 Å². The van der Waals surface area contributed by atoms with Crippen molar-refractivity contribution in [3.63, 3.8) is 0 Å². The predicted molar refractivity (Wildman–Crippen MR) is 112 cm³/mol. The summed E-state index contributed by atoms with van der Waals surface area (Å²) in [6.45, 7) is 1.37. The summed E-state index contributed by atoms with van der Waals surface area (Å²) in [4.78, 5) is 33.7. The minimum absolute atomic E-state index is 0.116. The Bertz CT molecular complexity index is 1160. The quantitative estimate of drug-likeness (QED) is 0.346. The summed E-state index contributed by atoms with van der Waals surface area (Å²) in [5.41, 5.74) is 3.40. The molecule has 0 bridgehead atoms. The summed E-state index contributed by atoms with van der Waals surface area (Å²) < 4.78 is 5.58. The SMILES string of the molecule is CC(=O)Nc1cccc(C(=O)NN=Cc2ccc(-c3cc([N+](=O)[O-])ccc3Cl)o2)c1.